The van der Waals surface area contributed by atoms with Gasteiger partial charge in [0.25, 0.3) is 0 Å². The number of halogens is 3. The van der Waals surface area contributed by atoms with E-state index in [0.29, 0.717) is 18.8 Å². The fraction of sp³-hybridized carbons (Fsp3) is 0.417. The third kappa shape index (κ3) is 2.48. The summed E-state index contributed by atoms with van der Waals surface area (Å²) < 4.78 is 36.5. The summed E-state index contributed by atoms with van der Waals surface area (Å²) in [5.74, 6) is -2.13. The van der Waals surface area contributed by atoms with Gasteiger partial charge in [-0.25, -0.2) is 4.79 Å². The van der Waals surface area contributed by atoms with E-state index in [-0.39, 0.29) is 4.65 Å². The van der Waals surface area contributed by atoms with Crippen LogP contribution in [0.1, 0.15) is 12.8 Å². The summed E-state index contributed by atoms with van der Waals surface area (Å²) in [6.45, 7) is 0.762. The molecule has 1 aromatic carbocycles. The van der Waals surface area contributed by atoms with Crippen LogP contribution < -0.4 is 4.65 Å². The van der Waals surface area contributed by atoms with Crippen molar-refractivity contribution in [3.8, 4) is 0 Å². The Hall–Kier alpha value is -1.56. The van der Waals surface area contributed by atoms with Crippen LogP contribution in [0.5, 0.6) is 0 Å². The first-order valence-electron chi connectivity index (χ1n) is 5.67. The van der Waals surface area contributed by atoms with Gasteiger partial charge in [-0.05, 0) is 0 Å². The quantitative estimate of drug-likeness (QED) is 0.764. The van der Waals surface area contributed by atoms with Crippen molar-refractivity contribution in [2.24, 2.45) is 0 Å². The predicted molar refractivity (Wildman–Crippen MR) is 59.4 cm³/mol. The highest BCUT2D eigenvalue weighted by Crippen LogP contribution is 2.31. The summed E-state index contributed by atoms with van der Waals surface area (Å²) in [6.07, 6.45) is -3.48. The van der Waals surface area contributed by atoms with Gasteiger partial charge in [-0.3, -0.25) is 4.84 Å². The van der Waals surface area contributed by atoms with E-state index in [1.54, 1.807) is 30.3 Å². The van der Waals surface area contributed by atoms with Crippen molar-refractivity contribution in [1.29, 1.82) is 0 Å². The lowest BCUT2D eigenvalue weighted by molar-refractivity contribution is -0.231. The van der Waals surface area contributed by atoms with Crippen LogP contribution >= 0.6 is 0 Å². The van der Waals surface area contributed by atoms with Crippen LogP contribution in [0.3, 0.4) is 0 Å². The lowest BCUT2D eigenvalue weighted by atomic mass is 10.3. The van der Waals surface area contributed by atoms with Crippen LogP contribution in [-0.2, 0) is 9.63 Å². The number of rotatable bonds is 2. The zero-order valence-electron chi connectivity index (χ0n) is 9.61. The number of para-hydroxylation sites is 1. The van der Waals surface area contributed by atoms with Gasteiger partial charge in [0.05, 0.1) is 0 Å². The summed E-state index contributed by atoms with van der Waals surface area (Å²) in [5, 5.41) is 0. The molecule has 3 nitrogen and oxygen atoms in total. The van der Waals surface area contributed by atoms with E-state index >= 15 is 0 Å². The molecule has 0 aromatic heterocycles. The maximum absolute atomic E-state index is 12.3. The Bertz CT molecular complexity index is 425. The van der Waals surface area contributed by atoms with Gasteiger partial charge in [0.2, 0.25) is 0 Å². The molecule has 0 aliphatic carbocycles. The highest BCUT2D eigenvalue weighted by molar-refractivity contribution is 5.76. The van der Waals surface area contributed by atoms with Crippen molar-refractivity contribution < 1.29 is 22.8 Å². The second-order valence-electron chi connectivity index (χ2n) is 4.26. The minimum absolute atomic E-state index is 0.362. The number of hydroxylamine groups is 2. The van der Waals surface area contributed by atoms with Crippen molar-refractivity contribution in [3.63, 3.8) is 0 Å². The molecule has 0 saturated carbocycles. The summed E-state index contributed by atoms with van der Waals surface area (Å²) in [6, 6.07) is 8.55. The minimum atomic E-state index is -4.96. The molecule has 0 radical (unpaired) electrons. The molecule has 0 bridgehead atoms. The summed E-state index contributed by atoms with van der Waals surface area (Å²) in [5.41, 5.74) is 0.576. The Kier molecular flexibility index (Phi) is 3.30. The summed E-state index contributed by atoms with van der Waals surface area (Å²) in [7, 11) is 0. The molecule has 1 aromatic rings. The molecular weight excluding hydrogens is 247 g/mol. The first kappa shape index (κ1) is 12.9. The number of carbonyl (C=O) groups excluding carboxylic acids is 1. The second-order valence-corrected chi connectivity index (χ2v) is 4.26. The molecule has 1 saturated heterocycles. The predicted octanol–water partition coefficient (Wildman–Crippen LogP) is 2.81. The van der Waals surface area contributed by atoms with Gasteiger partial charge in [-0.15, -0.1) is 4.65 Å². The fourth-order valence-corrected chi connectivity index (χ4v) is 2.16. The van der Waals surface area contributed by atoms with Gasteiger partial charge >= 0.3 is 12.1 Å². The number of nitrogens with zero attached hydrogens (tertiary/aromatic N) is 1. The molecule has 2 rings (SSSR count). The number of carbonyl (C=O) groups is 1. The number of hydrogen-bond acceptors (Lipinski definition) is 2. The van der Waals surface area contributed by atoms with Crippen LogP contribution in [0.2, 0.25) is 0 Å². The number of quaternary nitrogens is 1. The Labute approximate surface area is 102 Å². The zero-order valence-corrected chi connectivity index (χ0v) is 9.61. The molecule has 1 heterocycles. The lowest BCUT2D eigenvalue weighted by Gasteiger charge is -2.29. The van der Waals surface area contributed by atoms with Gasteiger partial charge in [0.1, 0.15) is 13.1 Å². The monoisotopic (exact) mass is 260 g/mol. The Morgan fingerprint density at radius 2 is 1.67 bits per heavy atom. The SMILES string of the molecule is O=C(O[N+]1(c2ccccc2)CCCC1)C(F)(F)F. The molecule has 0 spiro atoms. The van der Waals surface area contributed by atoms with Crippen molar-refractivity contribution in [3.05, 3.63) is 30.3 Å². The molecule has 1 aliphatic rings. The van der Waals surface area contributed by atoms with Crippen LogP contribution in [0.15, 0.2) is 30.3 Å². The molecule has 0 amide bonds. The first-order chi connectivity index (χ1) is 8.44. The molecule has 6 heteroatoms. The average molecular weight is 260 g/mol. The van der Waals surface area contributed by atoms with E-state index in [2.05, 4.69) is 0 Å². The molecule has 18 heavy (non-hydrogen) atoms. The molecule has 1 fully saturated rings. The maximum Gasteiger partial charge on any atom is 0.497 e. The normalized spacial score (nSPS) is 18.6. The van der Waals surface area contributed by atoms with Crippen LogP contribution in [0.25, 0.3) is 0 Å². The van der Waals surface area contributed by atoms with E-state index in [1.165, 1.54) is 0 Å². The first-order valence-corrected chi connectivity index (χ1v) is 5.67. The number of alkyl halides is 3. The van der Waals surface area contributed by atoms with Gasteiger partial charge in [-0.2, -0.15) is 13.2 Å². The van der Waals surface area contributed by atoms with Crippen molar-refractivity contribution >= 4 is 11.7 Å². The summed E-state index contributed by atoms with van der Waals surface area (Å²) in [4.78, 5) is 15.8. The van der Waals surface area contributed by atoms with E-state index in [1.807, 2.05) is 0 Å². The van der Waals surface area contributed by atoms with E-state index in [4.69, 9.17) is 4.84 Å². The third-order valence-corrected chi connectivity index (χ3v) is 3.00. The highest BCUT2D eigenvalue weighted by Gasteiger charge is 2.49. The highest BCUT2D eigenvalue weighted by atomic mass is 19.4. The second kappa shape index (κ2) is 4.61. The van der Waals surface area contributed by atoms with E-state index in [9.17, 15) is 18.0 Å². The molecule has 98 valence electrons. The van der Waals surface area contributed by atoms with Crippen molar-refractivity contribution in [2.45, 2.75) is 19.0 Å². The largest absolute Gasteiger partial charge is 0.497 e. The number of benzene rings is 1. The average Bonchev–Trinajstić information content (AvgIpc) is 2.79. The smallest absolute Gasteiger partial charge is 0.261 e. The van der Waals surface area contributed by atoms with Crippen molar-refractivity contribution in [2.75, 3.05) is 13.1 Å². The standard InChI is InChI=1S/C12H13F3NO2/c13-12(14,15)11(17)18-16(8-4-5-9-16)10-6-2-1-3-7-10/h1-3,6-7H,4-5,8-9H2/q+1. The van der Waals surface area contributed by atoms with Crippen molar-refractivity contribution in [1.82, 2.24) is 4.65 Å². The van der Waals surface area contributed by atoms with Gasteiger partial charge in [0.15, 0.2) is 5.69 Å². The third-order valence-electron chi connectivity index (χ3n) is 3.00. The minimum Gasteiger partial charge on any atom is -0.261 e. The van der Waals surface area contributed by atoms with Gasteiger partial charge in [0, 0.05) is 25.0 Å². The molecule has 0 N–H and O–H groups in total. The van der Waals surface area contributed by atoms with Gasteiger partial charge in [-0.1, -0.05) is 18.2 Å². The maximum atomic E-state index is 12.3. The van der Waals surface area contributed by atoms with Crippen LogP contribution in [0, 0.1) is 0 Å². The zero-order chi connectivity index (χ0) is 13.2. The topological polar surface area (TPSA) is 26.3 Å². The van der Waals surface area contributed by atoms with E-state index < -0.39 is 12.1 Å². The van der Waals surface area contributed by atoms with E-state index in [0.717, 1.165) is 12.8 Å². The Balaban J connectivity index is 2.26. The molecule has 0 atom stereocenters. The Morgan fingerprint density at radius 1 is 1.11 bits per heavy atom. The van der Waals surface area contributed by atoms with Crippen LogP contribution in [-0.4, -0.2) is 25.2 Å². The molecule has 1 aliphatic heterocycles. The van der Waals surface area contributed by atoms with Crippen LogP contribution in [0.4, 0.5) is 18.9 Å². The lowest BCUT2D eigenvalue weighted by Crippen LogP contribution is -2.50. The summed E-state index contributed by atoms with van der Waals surface area (Å²) >= 11 is 0. The molecular formula is C12H13F3NO2+. The Morgan fingerprint density at radius 3 is 2.17 bits per heavy atom. The molecule has 0 unspecified atom stereocenters. The van der Waals surface area contributed by atoms with Gasteiger partial charge < -0.3 is 0 Å². The number of hydrogen-bond donors (Lipinski definition) is 0. The fourth-order valence-electron chi connectivity index (χ4n) is 2.16.